The number of aromatic nitrogens is 1. The van der Waals surface area contributed by atoms with Crippen LogP contribution >= 0.6 is 11.3 Å². The first-order chi connectivity index (χ1) is 9.44. The Bertz CT molecular complexity index is 734. The van der Waals surface area contributed by atoms with Crippen LogP contribution in [-0.4, -0.2) is 25.1 Å². The van der Waals surface area contributed by atoms with Crippen LogP contribution in [0, 0.1) is 6.92 Å². The van der Waals surface area contributed by atoms with Crippen LogP contribution < -0.4 is 9.60 Å². The van der Waals surface area contributed by atoms with Crippen LogP contribution in [-0.2, 0) is 10.0 Å². The normalized spacial score (nSPS) is 13.3. The maximum Gasteiger partial charge on any atom is 0.305 e. The third kappa shape index (κ3) is 3.15. The molecule has 0 bridgehead atoms. The zero-order valence-electron chi connectivity index (χ0n) is 10.7. The first-order valence-electron chi connectivity index (χ1n) is 5.82. The number of nitrogens with one attached hydrogen (secondary N) is 2. The maximum atomic E-state index is 12.2. The summed E-state index contributed by atoms with van der Waals surface area (Å²) >= 11 is 0.626. The van der Waals surface area contributed by atoms with E-state index in [9.17, 15) is 18.3 Å². The molecule has 0 saturated carbocycles. The molecule has 2 aromatic rings. The van der Waals surface area contributed by atoms with Crippen molar-refractivity contribution in [2.45, 2.75) is 17.2 Å². The number of benzene rings is 1. The molecule has 0 spiro atoms. The predicted octanol–water partition coefficient (Wildman–Crippen LogP) is 0.757. The van der Waals surface area contributed by atoms with E-state index in [1.807, 2.05) is 0 Å². The van der Waals surface area contributed by atoms with E-state index in [4.69, 9.17) is 0 Å². The van der Waals surface area contributed by atoms with Gasteiger partial charge >= 0.3 is 4.87 Å². The summed E-state index contributed by atoms with van der Waals surface area (Å²) in [6.07, 6.45) is 0. The highest BCUT2D eigenvalue weighted by Crippen LogP contribution is 2.20. The average molecular weight is 314 g/mol. The first kappa shape index (κ1) is 14.9. The van der Waals surface area contributed by atoms with Gasteiger partial charge in [-0.3, -0.25) is 4.79 Å². The van der Waals surface area contributed by atoms with Gasteiger partial charge in [-0.15, -0.1) is 0 Å². The molecule has 0 amide bonds. The molecule has 1 atom stereocenters. The molecule has 108 valence electrons. The summed E-state index contributed by atoms with van der Waals surface area (Å²) in [5.41, 5.74) is 0.941. The molecule has 0 aliphatic carbocycles. The Hall–Kier alpha value is -1.48. The van der Waals surface area contributed by atoms with E-state index in [0.29, 0.717) is 16.9 Å². The summed E-state index contributed by atoms with van der Waals surface area (Å²) in [6, 6.07) is 8.00. The van der Waals surface area contributed by atoms with Crippen molar-refractivity contribution >= 4 is 21.4 Å². The molecular formula is C12H14N2O4S2. The number of aryl methyl sites for hydroxylation is 1. The van der Waals surface area contributed by atoms with Gasteiger partial charge in [0.05, 0.1) is 12.6 Å². The predicted molar refractivity (Wildman–Crippen MR) is 76.3 cm³/mol. The smallest absolute Gasteiger partial charge is 0.305 e. The van der Waals surface area contributed by atoms with Crippen LogP contribution in [0.2, 0.25) is 0 Å². The van der Waals surface area contributed by atoms with Crippen molar-refractivity contribution < 1.29 is 13.5 Å². The summed E-state index contributed by atoms with van der Waals surface area (Å²) in [6.45, 7) is 1.14. The summed E-state index contributed by atoms with van der Waals surface area (Å²) in [4.78, 5) is 13.2. The Balaban J connectivity index is 2.32. The Labute approximate surface area is 120 Å². The number of aliphatic hydroxyl groups is 1. The molecule has 0 aliphatic rings. The van der Waals surface area contributed by atoms with Crippen molar-refractivity contribution in [2.24, 2.45) is 0 Å². The number of thiazole rings is 1. The van der Waals surface area contributed by atoms with Crippen molar-refractivity contribution in [1.82, 2.24) is 9.71 Å². The number of H-pyrrole nitrogens is 1. The quantitative estimate of drug-likeness (QED) is 0.758. The first-order valence-corrected chi connectivity index (χ1v) is 8.12. The molecule has 0 unspecified atom stereocenters. The average Bonchev–Trinajstić information content (AvgIpc) is 2.77. The molecule has 0 radical (unpaired) electrons. The number of aliphatic hydroxyl groups excluding tert-OH is 1. The number of aromatic amines is 1. The largest absolute Gasteiger partial charge is 0.394 e. The van der Waals surface area contributed by atoms with E-state index in [1.54, 1.807) is 30.3 Å². The minimum absolute atomic E-state index is 0.0584. The highest BCUT2D eigenvalue weighted by atomic mass is 32.2. The standard InChI is InChI=1S/C12H14N2O4S2/c1-8-11(19-12(16)13-8)20(17,18)14-10(7-15)9-5-3-2-4-6-9/h2-6,10,14-15H,7H2,1H3,(H,13,16)/t10-/m1/s1. The molecule has 1 aromatic heterocycles. The van der Waals surface area contributed by atoms with Crippen LogP contribution in [0.3, 0.4) is 0 Å². The van der Waals surface area contributed by atoms with E-state index in [1.165, 1.54) is 6.92 Å². The monoisotopic (exact) mass is 314 g/mol. The topological polar surface area (TPSA) is 99.3 Å². The van der Waals surface area contributed by atoms with Gasteiger partial charge in [0.25, 0.3) is 10.0 Å². The fraction of sp³-hybridized carbons (Fsp3) is 0.250. The van der Waals surface area contributed by atoms with E-state index >= 15 is 0 Å². The van der Waals surface area contributed by atoms with Gasteiger partial charge in [0.1, 0.15) is 0 Å². The fourth-order valence-corrected chi connectivity index (χ4v) is 4.32. The molecule has 20 heavy (non-hydrogen) atoms. The molecule has 0 fully saturated rings. The maximum absolute atomic E-state index is 12.2. The van der Waals surface area contributed by atoms with Crippen LogP contribution in [0.25, 0.3) is 0 Å². The third-order valence-electron chi connectivity index (χ3n) is 2.71. The van der Waals surface area contributed by atoms with Crippen molar-refractivity contribution in [3.8, 4) is 0 Å². The molecule has 0 aliphatic heterocycles. The summed E-state index contributed by atoms with van der Waals surface area (Å²) in [5.74, 6) is 0. The molecule has 6 nitrogen and oxygen atoms in total. The summed E-state index contributed by atoms with van der Waals surface area (Å²) < 4.78 is 26.8. The number of hydrogen-bond donors (Lipinski definition) is 3. The van der Waals surface area contributed by atoms with E-state index < -0.39 is 20.9 Å². The van der Waals surface area contributed by atoms with Crippen LogP contribution in [0.1, 0.15) is 17.3 Å². The van der Waals surface area contributed by atoms with Crippen LogP contribution in [0.15, 0.2) is 39.3 Å². The van der Waals surface area contributed by atoms with Crippen molar-refractivity contribution in [3.63, 3.8) is 0 Å². The Morgan fingerprint density at radius 3 is 2.50 bits per heavy atom. The minimum atomic E-state index is -3.85. The van der Waals surface area contributed by atoms with Crippen LogP contribution in [0.4, 0.5) is 0 Å². The lowest BCUT2D eigenvalue weighted by molar-refractivity contribution is 0.259. The van der Waals surface area contributed by atoms with E-state index in [0.717, 1.165) is 0 Å². The highest BCUT2D eigenvalue weighted by Gasteiger charge is 2.24. The van der Waals surface area contributed by atoms with Gasteiger partial charge in [-0.25, -0.2) is 13.1 Å². The molecule has 1 heterocycles. The summed E-state index contributed by atoms with van der Waals surface area (Å²) in [5, 5.41) is 9.37. The highest BCUT2D eigenvalue weighted by molar-refractivity contribution is 7.91. The Morgan fingerprint density at radius 2 is 2.00 bits per heavy atom. The lowest BCUT2D eigenvalue weighted by Crippen LogP contribution is -2.30. The van der Waals surface area contributed by atoms with Crippen molar-refractivity contribution in [2.75, 3.05) is 6.61 Å². The minimum Gasteiger partial charge on any atom is -0.394 e. The van der Waals surface area contributed by atoms with E-state index in [-0.39, 0.29) is 16.5 Å². The van der Waals surface area contributed by atoms with Gasteiger partial charge in [-0.1, -0.05) is 41.7 Å². The molecule has 1 aromatic carbocycles. The molecule has 3 N–H and O–H groups in total. The molecule has 8 heteroatoms. The fourth-order valence-electron chi connectivity index (χ4n) is 1.78. The Morgan fingerprint density at radius 1 is 1.35 bits per heavy atom. The van der Waals surface area contributed by atoms with Crippen LogP contribution in [0.5, 0.6) is 0 Å². The second-order valence-corrected chi connectivity index (χ2v) is 7.09. The second-order valence-electron chi connectivity index (χ2n) is 4.19. The van der Waals surface area contributed by atoms with E-state index in [2.05, 4.69) is 9.71 Å². The van der Waals surface area contributed by atoms with Gasteiger partial charge in [-0.05, 0) is 12.5 Å². The van der Waals surface area contributed by atoms with Crippen molar-refractivity contribution in [3.05, 3.63) is 51.3 Å². The number of sulfonamides is 1. The van der Waals surface area contributed by atoms with Gasteiger partial charge in [0, 0.05) is 5.69 Å². The second kappa shape index (κ2) is 5.88. The zero-order valence-corrected chi connectivity index (χ0v) is 12.3. The SMILES string of the molecule is Cc1[nH]c(=O)sc1S(=O)(=O)N[C@H](CO)c1ccccc1. The van der Waals surface area contributed by atoms with Crippen molar-refractivity contribution in [1.29, 1.82) is 0 Å². The molecular weight excluding hydrogens is 300 g/mol. The molecule has 0 saturated heterocycles. The van der Waals surface area contributed by atoms with Gasteiger partial charge in [-0.2, -0.15) is 0 Å². The lowest BCUT2D eigenvalue weighted by Gasteiger charge is -2.16. The van der Waals surface area contributed by atoms with Gasteiger partial charge in [0.2, 0.25) is 0 Å². The Kier molecular flexibility index (Phi) is 4.39. The third-order valence-corrected chi connectivity index (χ3v) is 5.78. The number of hydrogen-bond acceptors (Lipinski definition) is 5. The molecule has 2 rings (SSSR count). The summed E-state index contributed by atoms with van der Waals surface area (Å²) in [7, 11) is -3.85. The number of rotatable bonds is 5. The van der Waals surface area contributed by atoms with Gasteiger partial charge in [0.15, 0.2) is 4.21 Å². The lowest BCUT2D eigenvalue weighted by atomic mass is 10.1. The zero-order chi connectivity index (χ0) is 14.8. The van der Waals surface area contributed by atoms with Gasteiger partial charge < -0.3 is 10.1 Å².